The number of aromatic nitrogens is 1. The molecule has 1 heterocycles. The molecule has 0 aliphatic heterocycles. The molecule has 0 saturated heterocycles. The summed E-state index contributed by atoms with van der Waals surface area (Å²) >= 11 is 0. The molecule has 31 heavy (non-hydrogen) atoms. The normalized spacial score (nSPS) is 11.9. The molecule has 1 atom stereocenters. The highest BCUT2D eigenvalue weighted by Crippen LogP contribution is 2.27. The number of hydrogen-bond donors (Lipinski definition) is 1. The molecule has 2 aromatic rings. The lowest BCUT2D eigenvalue weighted by molar-refractivity contribution is 0.0742. The molecule has 0 aliphatic rings. The van der Waals surface area contributed by atoms with Gasteiger partial charge in [-0.3, -0.25) is 14.2 Å². The fourth-order valence-corrected chi connectivity index (χ4v) is 3.29. The Balaban J connectivity index is 2.40. The molecule has 1 N–H and O–H groups in total. The van der Waals surface area contributed by atoms with Gasteiger partial charge in [0.1, 0.15) is 17.4 Å². The SMILES string of the molecule is Cc1cccc(OC(C)C(=O)c2c(C)c(C#N)c(=O)n(CCCOC(C)C)c2O)c1C. The molecule has 1 unspecified atom stereocenters. The van der Waals surface area contributed by atoms with Crippen LogP contribution in [0, 0.1) is 32.1 Å². The fourth-order valence-electron chi connectivity index (χ4n) is 3.29. The molecule has 0 radical (unpaired) electrons. The quantitative estimate of drug-likeness (QED) is 0.483. The van der Waals surface area contributed by atoms with Crippen LogP contribution >= 0.6 is 0 Å². The molecule has 0 fully saturated rings. The number of nitrogens with zero attached hydrogens (tertiary/aromatic N) is 2. The van der Waals surface area contributed by atoms with Crippen molar-refractivity contribution in [1.29, 1.82) is 5.26 Å². The number of benzene rings is 1. The van der Waals surface area contributed by atoms with Crippen molar-refractivity contribution in [2.75, 3.05) is 6.61 Å². The van der Waals surface area contributed by atoms with E-state index in [9.17, 15) is 20.0 Å². The maximum atomic E-state index is 13.2. The first-order valence-electron chi connectivity index (χ1n) is 10.3. The van der Waals surface area contributed by atoms with Crippen LogP contribution in [-0.4, -0.2) is 34.3 Å². The third-order valence-corrected chi connectivity index (χ3v) is 5.25. The number of nitriles is 1. The zero-order valence-corrected chi connectivity index (χ0v) is 19.0. The predicted molar refractivity (Wildman–Crippen MR) is 118 cm³/mol. The summed E-state index contributed by atoms with van der Waals surface area (Å²) in [4.78, 5) is 25.9. The molecule has 0 bridgehead atoms. The smallest absolute Gasteiger partial charge is 0.271 e. The maximum absolute atomic E-state index is 13.2. The number of carbonyl (C=O) groups excluding carboxylic acids is 1. The lowest BCUT2D eigenvalue weighted by Crippen LogP contribution is -2.31. The third kappa shape index (κ3) is 5.33. The van der Waals surface area contributed by atoms with Gasteiger partial charge in [0, 0.05) is 13.2 Å². The average molecular weight is 427 g/mol. The molecule has 2 rings (SSSR count). The number of ketones is 1. The number of hydrogen-bond acceptors (Lipinski definition) is 6. The van der Waals surface area contributed by atoms with Crippen LogP contribution < -0.4 is 10.3 Å². The number of aromatic hydroxyl groups is 1. The van der Waals surface area contributed by atoms with Gasteiger partial charge in [-0.1, -0.05) is 12.1 Å². The summed E-state index contributed by atoms with van der Waals surface area (Å²) in [6.07, 6.45) is -0.438. The van der Waals surface area contributed by atoms with Crippen LogP contribution in [0.4, 0.5) is 0 Å². The molecular formula is C24H30N2O5. The van der Waals surface area contributed by atoms with Crippen LogP contribution in [0.2, 0.25) is 0 Å². The van der Waals surface area contributed by atoms with Gasteiger partial charge >= 0.3 is 0 Å². The molecule has 0 spiro atoms. The monoisotopic (exact) mass is 426 g/mol. The zero-order valence-electron chi connectivity index (χ0n) is 19.0. The highest BCUT2D eigenvalue weighted by molar-refractivity contribution is 6.03. The maximum Gasteiger partial charge on any atom is 0.271 e. The molecule has 0 saturated carbocycles. The summed E-state index contributed by atoms with van der Waals surface area (Å²) in [5, 5.41) is 20.3. The standard InChI is InChI=1S/C24H30N2O5/c1-14(2)30-12-8-11-26-23(28)19(13-25)17(5)21(24(26)29)22(27)18(6)31-20-10-7-9-15(3)16(20)4/h7,9-10,14,18,29H,8,11-12H2,1-6H3. The van der Waals surface area contributed by atoms with Crippen LogP contribution in [0.25, 0.3) is 0 Å². The van der Waals surface area contributed by atoms with Crippen molar-refractivity contribution in [3.63, 3.8) is 0 Å². The molecule has 166 valence electrons. The number of aryl methyl sites for hydroxylation is 1. The van der Waals surface area contributed by atoms with E-state index < -0.39 is 23.3 Å². The van der Waals surface area contributed by atoms with E-state index in [2.05, 4.69) is 0 Å². The minimum Gasteiger partial charge on any atom is -0.494 e. The molecule has 0 amide bonds. The van der Waals surface area contributed by atoms with E-state index in [-0.39, 0.29) is 29.3 Å². The van der Waals surface area contributed by atoms with E-state index in [1.54, 1.807) is 13.0 Å². The van der Waals surface area contributed by atoms with Gasteiger partial charge in [0.2, 0.25) is 11.7 Å². The number of rotatable bonds is 9. The van der Waals surface area contributed by atoms with E-state index >= 15 is 0 Å². The van der Waals surface area contributed by atoms with Gasteiger partial charge in [-0.2, -0.15) is 5.26 Å². The Morgan fingerprint density at radius 2 is 1.87 bits per heavy atom. The highest BCUT2D eigenvalue weighted by atomic mass is 16.5. The summed E-state index contributed by atoms with van der Waals surface area (Å²) in [6.45, 7) is 11.2. The number of ether oxygens (including phenoxy) is 2. The largest absolute Gasteiger partial charge is 0.494 e. The average Bonchev–Trinajstić information content (AvgIpc) is 2.70. The van der Waals surface area contributed by atoms with E-state index in [0.717, 1.165) is 15.7 Å². The lowest BCUT2D eigenvalue weighted by atomic mass is 9.99. The molecule has 1 aromatic heterocycles. The Labute approximate surface area is 182 Å². The zero-order chi connectivity index (χ0) is 23.3. The first-order chi connectivity index (χ1) is 14.6. The number of Topliss-reactive ketones (excluding diaryl/α,β-unsaturated/α-hetero) is 1. The van der Waals surface area contributed by atoms with E-state index in [1.165, 1.54) is 6.92 Å². The predicted octanol–water partition coefficient (Wildman–Crippen LogP) is 3.82. The molecular weight excluding hydrogens is 396 g/mol. The van der Waals surface area contributed by atoms with Crippen molar-refractivity contribution in [3.8, 4) is 17.7 Å². The Morgan fingerprint density at radius 3 is 2.48 bits per heavy atom. The number of pyridine rings is 1. The van der Waals surface area contributed by atoms with Crippen LogP contribution in [0.3, 0.4) is 0 Å². The summed E-state index contributed by atoms with van der Waals surface area (Å²) in [6, 6.07) is 7.43. The van der Waals surface area contributed by atoms with Crippen LogP contribution in [0.15, 0.2) is 23.0 Å². The summed E-state index contributed by atoms with van der Waals surface area (Å²) in [5.74, 6) is -0.385. The van der Waals surface area contributed by atoms with Crippen molar-refractivity contribution in [3.05, 3.63) is 56.4 Å². The topological polar surface area (TPSA) is 102 Å². The van der Waals surface area contributed by atoms with E-state index in [4.69, 9.17) is 9.47 Å². The van der Waals surface area contributed by atoms with Gasteiger partial charge in [0.05, 0.1) is 11.7 Å². The van der Waals surface area contributed by atoms with Crippen molar-refractivity contribution < 1.29 is 19.4 Å². The van der Waals surface area contributed by atoms with Gasteiger partial charge in [0.25, 0.3) is 5.56 Å². The second-order valence-corrected chi connectivity index (χ2v) is 7.86. The van der Waals surface area contributed by atoms with Gasteiger partial charge in [0.15, 0.2) is 6.10 Å². The van der Waals surface area contributed by atoms with Crippen LogP contribution in [-0.2, 0) is 11.3 Å². The molecule has 7 heteroatoms. The van der Waals surface area contributed by atoms with Gasteiger partial charge < -0.3 is 14.6 Å². The second-order valence-electron chi connectivity index (χ2n) is 7.86. The van der Waals surface area contributed by atoms with E-state index in [1.807, 2.05) is 45.9 Å². The minimum absolute atomic E-state index is 0.0400. The van der Waals surface area contributed by atoms with Crippen molar-refractivity contribution in [1.82, 2.24) is 4.57 Å². The summed E-state index contributed by atoms with van der Waals surface area (Å²) in [5.41, 5.74) is 1.24. The van der Waals surface area contributed by atoms with E-state index in [0.29, 0.717) is 18.8 Å². The Morgan fingerprint density at radius 1 is 1.19 bits per heavy atom. The third-order valence-electron chi connectivity index (χ3n) is 5.25. The van der Waals surface area contributed by atoms with Gasteiger partial charge in [-0.15, -0.1) is 0 Å². The Kier molecular flexibility index (Phi) is 8.01. The Bertz CT molecular complexity index is 1060. The first-order valence-corrected chi connectivity index (χ1v) is 10.3. The van der Waals surface area contributed by atoms with Crippen molar-refractivity contribution in [2.24, 2.45) is 0 Å². The van der Waals surface area contributed by atoms with Crippen molar-refractivity contribution in [2.45, 2.75) is 66.7 Å². The number of carbonyl (C=O) groups is 1. The van der Waals surface area contributed by atoms with Crippen LogP contribution in [0.5, 0.6) is 11.6 Å². The highest BCUT2D eigenvalue weighted by Gasteiger charge is 2.28. The first kappa shape index (κ1) is 24.2. The van der Waals surface area contributed by atoms with Crippen molar-refractivity contribution >= 4 is 5.78 Å². The molecule has 1 aromatic carbocycles. The minimum atomic E-state index is -0.924. The second kappa shape index (κ2) is 10.3. The van der Waals surface area contributed by atoms with Gasteiger partial charge in [-0.25, -0.2) is 0 Å². The Hall–Kier alpha value is -3.11. The summed E-state index contributed by atoms with van der Waals surface area (Å²) < 4.78 is 12.4. The van der Waals surface area contributed by atoms with Crippen LogP contribution in [0.1, 0.15) is 59.8 Å². The van der Waals surface area contributed by atoms with Gasteiger partial charge in [-0.05, 0) is 70.7 Å². The summed E-state index contributed by atoms with van der Waals surface area (Å²) in [7, 11) is 0. The molecule has 7 nitrogen and oxygen atoms in total. The lowest BCUT2D eigenvalue weighted by Gasteiger charge is -2.20. The molecule has 0 aliphatic carbocycles. The fraction of sp³-hybridized carbons (Fsp3) is 0.458.